The van der Waals surface area contributed by atoms with E-state index < -0.39 is 5.54 Å². The van der Waals surface area contributed by atoms with Gasteiger partial charge in [-0.2, -0.15) is 5.26 Å². The van der Waals surface area contributed by atoms with Gasteiger partial charge in [0.1, 0.15) is 11.1 Å². The number of rotatable bonds is 3. The molecule has 0 bridgehead atoms. The van der Waals surface area contributed by atoms with Crippen LogP contribution in [0.25, 0.3) is 0 Å². The summed E-state index contributed by atoms with van der Waals surface area (Å²) in [4.78, 5) is 13.2. The summed E-state index contributed by atoms with van der Waals surface area (Å²) in [5, 5.41) is 13.0. The van der Waals surface area contributed by atoms with Crippen LogP contribution in [0.15, 0.2) is 0 Å². The Kier molecular flexibility index (Phi) is 4.46. The van der Waals surface area contributed by atoms with Gasteiger partial charge in [-0.1, -0.05) is 6.42 Å². The van der Waals surface area contributed by atoms with E-state index in [1.54, 1.807) is 11.3 Å². The van der Waals surface area contributed by atoms with Crippen LogP contribution >= 0.6 is 11.3 Å². The number of nitrogens with one attached hydrogen (secondary N) is 1. The van der Waals surface area contributed by atoms with Crippen molar-refractivity contribution < 1.29 is 4.79 Å². The molecule has 0 unspecified atom stereocenters. The number of aryl methyl sites for hydroxylation is 1. The summed E-state index contributed by atoms with van der Waals surface area (Å²) < 4.78 is 0. The zero-order chi connectivity index (χ0) is 14.8. The monoisotopic (exact) mass is 291 g/mol. The smallest absolute Gasteiger partial charge is 0.226 e. The Morgan fingerprint density at radius 2 is 2.10 bits per heavy atom. The second kappa shape index (κ2) is 5.94. The maximum absolute atomic E-state index is 12.0. The van der Waals surface area contributed by atoms with Crippen LogP contribution in [-0.2, 0) is 17.6 Å². The summed E-state index contributed by atoms with van der Waals surface area (Å²) in [6.45, 7) is 3.64. The Bertz CT molecular complexity index is 549. The van der Waals surface area contributed by atoms with Gasteiger partial charge in [-0.3, -0.25) is 4.79 Å². The number of amides is 1. The van der Waals surface area contributed by atoms with Crippen LogP contribution < -0.4 is 11.1 Å². The molecule has 1 aliphatic rings. The van der Waals surface area contributed by atoms with E-state index in [1.807, 2.05) is 13.8 Å². The van der Waals surface area contributed by atoms with Crippen LogP contribution in [0, 0.1) is 11.3 Å². The van der Waals surface area contributed by atoms with E-state index in [9.17, 15) is 10.1 Å². The Hall–Kier alpha value is -1.38. The van der Waals surface area contributed by atoms with Gasteiger partial charge in [-0.25, -0.2) is 0 Å². The third-order valence-electron chi connectivity index (χ3n) is 3.40. The second-order valence-electron chi connectivity index (χ2n) is 6.09. The molecular weight excluding hydrogens is 270 g/mol. The number of carbonyl (C=O) groups excluding carboxylic acids is 1. The molecule has 2 rings (SSSR count). The average Bonchev–Trinajstić information content (AvgIpc) is 2.50. The normalized spacial score (nSPS) is 15.1. The fourth-order valence-corrected chi connectivity index (χ4v) is 3.79. The first-order valence-corrected chi connectivity index (χ1v) is 7.86. The van der Waals surface area contributed by atoms with Crippen LogP contribution in [-0.4, -0.2) is 11.4 Å². The van der Waals surface area contributed by atoms with Crippen molar-refractivity contribution in [1.82, 2.24) is 0 Å². The predicted molar refractivity (Wildman–Crippen MR) is 81.8 cm³/mol. The third-order valence-corrected chi connectivity index (χ3v) is 4.61. The predicted octanol–water partition coefficient (Wildman–Crippen LogP) is 2.95. The van der Waals surface area contributed by atoms with Gasteiger partial charge in [0.25, 0.3) is 0 Å². The highest BCUT2D eigenvalue weighted by molar-refractivity contribution is 7.16. The number of nitriles is 1. The number of hydrogen-bond acceptors (Lipinski definition) is 4. The molecule has 1 aromatic rings. The zero-order valence-electron chi connectivity index (χ0n) is 12.1. The molecule has 5 heteroatoms. The highest BCUT2D eigenvalue weighted by atomic mass is 32.1. The number of anilines is 1. The van der Waals surface area contributed by atoms with Gasteiger partial charge in [-0.15, -0.1) is 11.3 Å². The Balaban J connectivity index is 2.21. The van der Waals surface area contributed by atoms with Crippen molar-refractivity contribution in [2.45, 2.75) is 57.9 Å². The highest BCUT2D eigenvalue weighted by Gasteiger charge is 2.22. The minimum absolute atomic E-state index is 0.120. The number of nitrogens with two attached hydrogens (primary N) is 1. The molecule has 1 heterocycles. The molecule has 0 radical (unpaired) electrons. The van der Waals surface area contributed by atoms with E-state index >= 15 is 0 Å². The van der Waals surface area contributed by atoms with Gasteiger partial charge in [0.2, 0.25) is 5.91 Å². The second-order valence-corrected chi connectivity index (χ2v) is 7.20. The first kappa shape index (κ1) is 15.0. The molecule has 1 amide bonds. The van der Waals surface area contributed by atoms with E-state index in [1.165, 1.54) is 17.7 Å². The van der Waals surface area contributed by atoms with E-state index in [0.29, 0.717) is 10.6 Å². The summed E-state index contributed by atoms with van der Waals surface area (Å²) in [5.74, 6) is -0.120. The number of hydrogen-bond donors (Lipinski definition) is 2. The highest BCUT2D eigenvalue weighted by Crippen LogP contribution is 2.37. The maximum atomic E-state index is 12.0. The molecule has 1 aliphatic carbocycles. The largest absolute Gasteiger partial charge is 0.325 e. The third kappa shape index (κ3) is 3.59. The summed E-state index contributed by atoms with van der Waals surface area (Å²) >= 11 is 1.56. The molecular formula is C15H21N3OS. The number of thiophene rings is 1. The molecule has 3 N–H and O–H groups in total. The lowest BCUT2D eigenvalue weighted by molar-refractivity contribution is -0.117. The lowest BCUT2D eigenvalue weighted by atomic mass is 10.0. The molecule has 4 nitrogen and oxygen atoms in total. The molecule has 0 fully saturated rings. The number of fused-ring (bicyclic) bond motifs is 1. The number of nitrogens with zero attached hydrogens (tertiary/aromatic N) is 1. The quantitative estimate of drug-likeness (QED) is 0.840. The van der Waals surface area contributed by atoms with Crippen molar-refractivity contribution in [2.75, 3.05) is 5.32 Å². The van der Waals surface area contributed by atoms with E-state index in [0.717, 1.165) is 24.8 Å². The average molecular weight is 291 g/mol. The van der Waals surface area contributed by atoms with Crippen molar-refractivity contribution >= 4 is 22.2 Å². The topological polar surface area (TPSA) is 78.9 Å². The van der Waals surface area contributed by atoms with Crippen molar-refractivity contribution in [3.63, 3.8) is 0 Å². The summed E-state index contributed by atoms with van der Waals surface area (Å²) in [7, 11) is 0. The van der Waals surface area contributed by atoms with Gasteiger partial charge in [0.15, 0.2) is 0 Å². The molecule has 108 valence electrons. The van der Waals surface area contributed by atoms with E-state index in [2.05, 4.69) is 11.4 Å². The minimum atomic E-state index is -0.536. The van der Waals surface area contributed by atoms with Crippen molar-refractivity contribution in [3.05, 3.63) is 16.0 Å². The molecule has 0 aliphatic heterocycles. The molecule has 0 atom stereocenters. The minimum Gasteiger partial charge on any atom is -0.325 e. The molecule has 0 saturated carbocycles. The molecule has 0 saturated heterocycles. The standard InChI is InChI=1S/C15H21N3OS/c1-15(2,17)8-13(19)18-14-11(9-16)10-6-4-3-5-7-12(10)20-14/h3-8,17H2,1-2H3,(H,18,19). The van der Waals surface area contributed by atoms with Gasteiger partial charge >= 0.3 is 0 Å². The molecule has 1 aromatic heterocycles. The van der Waals surface area contributed by atoms with E-state index in [4.69, 9.17) is 5.73 Å². The van der Waals surface area contributed by atoms with Gasteiger partial charge in [0, 0.05) is 16.8 Å². The lowest BCUT2D eigenvalue weighted by Gasteiger charge is -2.17. The summed E-state index contributed by atoms with van der Waals surface area (Å²) in [6, 6.07) is 2.26. The van der Waals surface area contributed by atoms with Gasteiger partial charge in [-0.05, 0) is 45.1 Å². The molecule has 20 heavy (non-hydrogen) atoms. The zero-order valence-corrected chi connectivity index (χ0v) is 12.9. The van der Waals surface area contributed by atoms with Gasteiger partial charge < -0.3 is 11.1 Å². The van der Waals surface area contributed by atoms with Crippen molar-refractivity contribution in [3.8, 4) is 6.07 Å². The SMILES string of the molecule is CC(C)(N)CC(=O)Nc1sc2c(c1C#N)CCCCC2. The first-order chi connectivity index (χ1) is 9.40. The Morgan fingerprint density at radius 1 is 1.40 bits per heavy atom. The molecule has 0 aromatic carbocycles. The number of carbonyl (C=O) groups is 1. The Labute approximate surface area is 124 Å². The lowest BCUT2D eigenvalue weighted by Crippen LogP contribution is -2.36. The fourth-order valence-electron chi connectivity index (χ4n) is 2.53. The van der Waals surface area contributed by atoms with Crippen molar-refractivity contribution in [1.29, 1.82) is 5.26 Å². The van der Waals surface area contributed by atoms with Crippen LogP contribution in [0.3, 0.4) is 0 Å². The van der Waals surface area contributed by atoms with Crippen LogP contribution in [0.5, 0.6) is 0 Å². The first-order valence-electron chi connectivity index (χ1n) is 7.04. The van der Waals surface area contributed by atoms with Crippen LogP contribution in [0.4, 0.5) is 5.00 Å². The van der Waals surface area contributed by atoms with Crippen LogP contribution in [0.2, 0.25) is 0 Å². The van der Waals surface area contributed by atoms with Crippen LogP contribution in [0.1, 0.15) is 55.5 Å². The summed E-state index contributed by atoms with van der Waals surface area (Å²) in [5.41, 5.74) is 7.13. The Morgan fingerprint density at radius 3 is 2.75 bits per heavy atom. The maximum Gasteiger partial charge on any atom is 0.226 e. The summed E-state index contributed by atoms with van der Waals surface area (Å²) in [6.07, 6.45) is 5.74. The van der Waals surface area contributed by atoms with Gasteiger partial charge in [0.05, 0.1) is 5.56 Å². The van der Waals surface area contributed by atoms with E-state index in [-0.39, 0.29) is 12.3 Å². The van der Waals surface area contributed by atoms with Crippen molar-refractivity contribution in [2.24, 2.45) is 5.73 Å². The fraction of sp³-hybridized carbons (Fsp3) is 0.600. The molecule has 0 spiro atoms.